The van der Waals surface area contributed by atoms with Crippen molar-refractivity contribution < 1.29 is 4.79 Å². The molecule has 0 aliphatic heterocycles. The molecule has 1 N–H and O–H groups in total. The number of amides is 1. The van der Waals surface area contributed by atoms with Crippen LogP contribution in [0.15, 0.2) is 12.2 Å². The zero-order chi connectivity index (χ0) is 11.5. The highest BCUT2D eigenvalue weighted by atomic mass is 16.1. The van der Waals surface area contributed by atoms with Crippen LogP contribution >= 0.6 is 0 Å². The summed E-state index contributed by atoms with van der Waals surface area (Å²) in [7, 11) is 0. The Balaban J connectivity index is 2.53. The summed E-state index contributed by atoms with van der Waals surface area (Å²) < 4.78 is 0. The van der Waals surface area contributed by atoms with E-state index in [1.807, 2.05) is 6.92 Å². The number of carbonyl (C=O) groups is 1. The second kappa shape index (κ2) is 4.82. The number of hydrogen-bond acceptors (Lipinski definition) is 1. The maximum Gasteiger partial charge on any atom is 0.223 e. The second-order valence-electron chi connectivity index (χ2n) is 5.46. The highest BCUT2D eigenvalue weighted by Gasteiger charge is 2.36. The Hall–Kier alpha value is -0.790. The third-order valence-corrected chi connectivity index (χ3v) is 3.39. The molecule has 0 saturated heterocycles. The highest BCUT2D eigenvalue weighted by molar-refractivity contribution is 5.79. The summed E-state index contributed by atoms with van der Waals surface area (Å²) in [5, 5.41) is 2.97. The Kier molecular flexibility index (Phi) is 3.95. The molecule has 1 amide bonds. The van der Waals surface area contributed by atoms with Gasteiger partial charge in [-0.15, -0.1) is 0 Å². The fraction of sp³-hybridized carbons (Fsp3) is 0.769. The summed E-state index contributed by atoms with van der Waals surface area (Å²) in [6, 6.07) is 0. The van der Waals surface area contributed by atoms with Crippen LogP contribution < -0.4 is 5.32 Å². The van der Waals surface area contributed by atoms with Gasteiger partial charge in [0.05, 0.1) is 0 Å². The Bertz CT molecular complexity index is 255. The number of hydrogen-bond donors (Lipinski definition) is 1. The van der Waals surface area contributed by atoms with E-state index in [-0.39, 0.29) is 17.2 Å². The lowest BCUT2D eigenvalue weighted by Gasteiger charge is -2.37. The molecule has 1 aliphatic rings. The second-order valence-corrected chi connectivity index (χ2v) is 5.46. The van der Waals surface area contributed by atoms with E-state index in [1.54, 1.807) is 0 Å². The molecule has 0 bridgehead atoms. The molecule has 0 spiro atoms. The smallest absolute Gasteiger partial charge is 0.223 e. The minimum absolute atomic E-state index is 0.164. The van der Waals surface area contributed by atoms with Crippen molar-refractivity contribution in [3.8, 4) is 0 Å². The van der Waals surface area contributed by atoms with Crippen molar-refractivity contribution >= 4 is 5.91 Å². The van der Waals surface area contributed by atoms with Crippen LogP contribution in [0.25, 0.3) is 0 Å². The van der Waals surface area contributed by atoms with E-state index in [1.165, 1.54) is 12.8 Å². The van der Waals surface area contributed by atoms with Gasteiger partial charge in [0.25, 0.3) is 0 Å². The molecule has 1 atom stereocenters. The van der Waals surface area contributed by atoms with E-state index < -0.39 is 0 Å². The van der Waals surface area contributed by atoms with Gasteiger partial charge in [0.15, 0.2) is 0 Å². The summed E-state index contributed by atoms with van der Waals surface area (Å²) in [6.07, 6.45) is 4.65. The molecule has 1 unspecified atom stereocenters. The van der Waals surface area contributed by atoms with Crippen LogP contribution in [-0.4, -0.2) is 12.5 Å². The predicted molar refractivity (Wildman–Crippen MR) is 63.6 cm³/mol. The maximum absolute atomic E-state index is 12.0. The monoisotopic (exact) mass is 209 g/mol. The molecule has 0 heterocycles. The van der Waals surface area contributed by atoms with E-state index in [4.69, 9.17) is 0 Å². The lowest BCUT2D eigenvalue weighted by atomic mass is 9.68. The van der Waals surface area contributed by atoms with Crippen LogP contribution in [0.4, 0.5) is 0 Å². The summed E-state index contributed by atoms with van der Waals surface area (Å²) in [5.74, 6) is 0.397. The fourth-order valence-electron chi connectivity index (χ4n) is 2.34. The van der Waals surface area contributed by atoms with Crippen LogP contribution in [0.5, 0.6) is 0 Å². The minimum atomic E-state index is 0.164. The molecular weight excluding hydrogens is 186 g/mol. The van der Waals surface area contributed by atoms with Gasteiger partial charge in [-0.3, -0.25) is 4.79 Å². The summed E-state index contributed by atoms with van der Waals surface area (Å²) >= 11 is 0. The minimum Gasteiger partial charge on any atom is -0.352 e. The topological polar surface area (TPSA) is 29.1 Å². The Labute approximate surface area is 93.1 Å². The summed E-state index contributed by atoms with van der Waals surface area (Å²) in [4.78, 5) is 12.0. The molecule has 0 aromatic heterocycles. The Morgan fingerprint density at radius 1 is 1.47 bits per heavy atom. The van der Waals surface area contributed by atoms with E-state index in [0.717, 1.165) is 18.4 Å². The quantitative estimate of drug-likeness (QED) is 0.711. The molecular formula is C13H23NO. The first-order chi connectivity index (χ1) is 6.93. The van der Waals surface area contributed by atoms with Crippen LogP contribution in [0.1, 0.15) is 46.5 Å². The van der Waals surface area contributed by atoms with Gasteiger partial charge in [0.2, 0.25) is 5.91 Å². The third-order valence-electron chi connectivity index (χ3n) is 3.39. The molecule has 1 fully saturated rings. The van der Waals surface area contributed by atoms with E-state index in [2.05, 4.69) is 25.7 Å². The van der Waals surface area contributed by atoms with Crippen molar-refractivity contribution in [2.45, 2.75) is 46.5 Å². The van der Waals surface area contributed by atoms with Crippen molar-refractivity contribution in [2.75, 3.05) is 6.54 Å². The van der Waals surface area contributed by atoms with Crippen molar-refractivity contribution in [3.05, 3.63) is 12.2 Å². The molecule has 0 aromatic carbocycles. The van der Waals surface area contributed by atoms with Gasteiger partial charge >= 0.3 is 0 Å². The van der Waals surface area contributed by atoms with Gasteiger partial charge in [0, 0.05) is 12.5 Å². The lowest BCUT2D eigenvalue weighted by Crippen LogP contribution is -2.41. The molecule has 2 nitrogen and oxygen atoms in total. The average molecular weight is 209 g/mol. The summed E-state index contributed by atoms with van der Waals surface area (Å²) in [6.45, 7) is 10.8. The van der Waals surface area contributed by atoms with Crippen molar-refractivity contribution in [3.63, 3.8) is 0 Å². The molecule has 0 radical (unpaired) electrons. The molecule has 2 heteroatoms. The normalized spacial score (nSPS) is 24.6. The zero-order valence-electron chi connectivity index (χ0n) is 10.2. The van der Waals surface area contributed by atoms with Gasteiger partial charge in [0.1, 0.15) is 0 Å². The van der Waals surface area contributed by atoms with E-state index >= 15 is 0 Å². The van der Waals surface area contributed by atoms with Crippen molar-refractivity contribution in [1.82, 2.24) is 5.32 Å². The molecule has 1 rings (SSSR count). The molecule has 1 saturated carbocycles. The largest absolute Gasteiger partial charge is 0.352 e. The lowest BCUT2D eigenvalue weighted by molar-refractivity contribution is -0.130. The van der Waals surface area contributed by atoms with Crippen LogP contribution in [-0.2, 0) is 4.79 Å². The SMILES string of the molecule is C=C(C)CNC(=O)C1CCCCC1(C)C. The first kappa shape index (κ1) is 12.3. The first-order valence-corrected chi connectivity index (χ1v) is 5.85. The molecule has 1 aliphatic carbocycles. The standard InChI is InChI=1S/C13H23NO/c1-10(2)9-14-12(15)11-7-5-6-8-13(11,3)4/h11H,1,5-9H2,2-4H3,(H,14,15). The van der Waals surface area contributed by atoms with Gasteiger partial charge in [-0.2, -0.15) is 0 Å². The third kappa shape index (κ3) is 3.37. The first-order valence-electron chi connectivity index (χ1n) is 5.85. The van der Waals surface area contributed by atoms with Crippen LogP contribution in [0, 0.1) is 11.3 Å². The molecule has 0 aromatic rings. The molecule has 86 valence electrons. The maximum atomic E-state index is 12.0. The predicted octanol–water partition coefficient (Wildman–Crippen LogP) is 2.90. The van der Waals surface area contributed by atoms with Gasteiger partial charge in [-0.1, -0.05) is 38.8 Å². The molecule has 15 heavy (non-hydrogen) atoms. The summed E-state index contributed by atoms with van der Waals surface area (Å²) in [5.41, 5.74) is 1.18. The highest BCUT2D eigenvalue weighted by Crippen LogP contribution is 2.40. The van der Waals surface area contributed by atoms with E-state index in [0.29, 0.717) is 6.54 Å². The fourth-order valence-corrected chi connectivity index (χ4v) is 2.34. The number of carbonyl (C=O) groups excluding carboxylic acids is 1. The van der Waals surface area contributed by atoms with Gasteiger partial charge in [-0.05, 0) is 25.2 Å². The Morgan fingerprint density at radius 2 is 2.13 bits per heavy atom. The Morgan fingerprint density at radius 3 is 2.67 bits per heavy atom. The van der Waals surface area contributed by atoms with Crippen molar-refractivity contribution in [1.29, 1.82) is 0 Å². The average Bonchev–Trinajstić information content (AvgIpc) is 2.13. The number of nitrogens with one attached hydrogen (secondary N) is 1. The zero-order valence-corrected chi connectivity index (χ0v) is 10.2. The van der Waals surface area contributed by atoms with Crippen molar-refractivity contribution in [2.24, 2.45) is 11.3 Å². The van der Waals surface area contributed by atoms with Crippen LogP contribution in [0.2, 0.25) is 0 Å². The number of rotatable bonds is 3. The van der Waals surface area contributed by atoms with E-state index in [9.17, 15) is 4.79 Å². The van der Waals surface area contributed by atoms with Crippen LogP contribution in [0.3, 0.4) is 0 Å². The van der Waals surface area contributed by atoms with Gasteiger partial charge in [-0.25, -0.2) is 0 Å². The van der Waals surface area contributed by atoms with Gasteiger partial charge < -0.3 is 5.32 Å².